The van der Waals surface area contributed by atoms with Crippen molar-refractivity contribution in [3.05, 3.63) is 58.4 Å². The van der Waals surface area contributed by atoms with Crippen molar-refractivity contribution in [3.8, 4) is 5.75 Å². The molecule has 10 heteroatoms. The largest absolute Gasteiger partial charge is 0.493 e. The van der Waals surface area contributed by atoms with Gasteiger partial charge in [0.15, 0.2) is 0 Å². The van der Waals surface area contributed by atoms with Crippen LogP contribution in [0.5, 0.6) is 5.75 Å². The Kier molecular flexibility index (Phi) is 7.70. The molecule has 10 nitrogen and oxygen atoms in total. The number of aromatic nitrogens is 1. The van der Waals surface area contributed by atoms with E-state index in [0.717, 1.165) is 6.42 Å². The van der Waals surface area contributed by atoms with E-state index in [2.05, 4.69) is 25.3 Å². The Labute approximate surface area is 161 Å². The summed E-state index contributed by atoms with van der Waals surface area (Å²) in [7, 11) is 1.20. The maximum Gasteiger partial charge on any atom is 0.413 e. The molecular formula is C18H21N5O5. The summed E-state index contributed by atoms with van der Waals surface area (Å²) in [5.74, 6) is 0.360. The number of hydrogen-bond donors (Lipinski definition) is 2. The number of guanidine groups is 1. The minimum atomic E-state index is -0.766. The highest BCUT2D eigenvalue weighted by Crippen LogP contribution is 2.31. The number of aliphatic imine (C=N–C) groups is 1. The van der Waals surface area contributed by atoms with Gasteiger partial charge in [-0.3, -0.25) is 20.4 Å². The van der Waals surface area contributed by atoms with Crippen molar-refractivity contribution >= 4 is 23.4 Å². The zero-order valence-electron chi connectivity index (χ0n) is 15.5. The van der Waals surface area contributed by atoms with Crippen molar-refractivity contribution in [3.63, 3.8) is 0 Å². The second-order valence-electron chi connectivity index (χ2n) is 5.51. The number of pyridine rings is 1. The minimum absolute atomic E-state index is 0.0113. The lowest BCUT2D eigenvalue weighted by molar-refractivity contribution is -0.384. The van der Waals surface area contributed by atoms with Gasteiger partial charge < -0.3 is 14.8 Å². The average Bonchev–Trinajstić information content (AvgIpc) is 2.71. The van der Waals surface area contributed by atoms with Gasteiger partial charge in [0.1, 0.15) is 11.4 Å². The summed E-state index contributed by atoms with van der Waals surface area (Å²) in [6.07, 6.45) is 1.64. The van der Waals surface area contributed by atoms with Crippen LogP contribution in [-0.2, 0) is 11.3 Å². The van der Waals surface area contributed by atoms with E-state index < -0.39 is 11.0 Å². The Balaban J connectivity index is 2.29. The Morgan fingerprint density at radius 1 is 1.32 bits per heavy atom. The lowest BCUT2D eigenvalue weighted by Crippen LogP contribution is -2.40. The van der Waals surface area contributed by atoms with Crippen LogP contribution in [0.3, 0.4) is 0 Å². The van der Waals surface area contributed by atoms with Crippen LogP contribution in [-0.4, -0.2) is 35.7 Å². The fraction of sp³-hybridized carbons (Fsp3) is 0.278. The molecule has 0 aliphatic carbocycles. The summed E-state index contributed by atoms with van der Waals surface area (Å²) < 4.78 is 10.00. The third-order valence-corrected chi connectivity index (χ3v) is 3.42. The maximum absolute atomic E-state index is 11.6. The number of nitro groups is 1. The second-order valence-corrected chi connectivity index (χ2v) is 5.51. The Bertz CT molecular complexity index is 842. The monoisotopic (exact) mass is 387 g/mol. The van der Waals surface area contributed by atoms with E-state index in [4.69, 9.17) is 4.74 Å². The zero-order chi connectivity index (χ0) is 20.4. The van der Waals surface area contributed by atoms with Crippen LogP contribution in [0.4, 0.5) is 16.2 Å². The van der Waals surface area contributed by atoms with Crippen LogP contribution < -0.4 is 15.4 Å². The van der Waals surface area contributed by atoms with Gasteiger partial charge in [0.2, 0.25) is 5.96 Å². The molecule has 148 valence electrons. The van der Waals surface area contributed by atoms with Crippen molar-refractivity contribution in [1.29, 1.82) is 0 Å². The molecule has 1 aromatic heterocycles. The molecule has 0 saturated carbocycles. The molecular weight excluding hydrogens is 366 g/mol. The van der Waals surface area contributed by atoms with Gasteiger partial charge in [0, 0.05) is 6.20 Å². The van der Waals surface area contributed by atoms with Crippen LogP contribution in [0.2, 0.25) is 0 Å². The van der Waals surface area contributed by atoms with Crippen molar-refractivity contribution in [2.45, 2.75) is 19.9 Å². The number of ether oxygens (including phenoxy) is 2. The first-order valence-electron chi connectivity index (χ1n) is 8.52. The predicted molar refractivity (Wildman–Crippen MR) is 103 cm³/mol. The third kappa shape index (κ3) is 6.24. The Morgan fingerprint density at radius 3 is 2.79 bits per heavy atom. The van der Waals surface area contributed by atoms with E-state index >= 15 is 0 Å². The van der Waals surface area contributed by atoms with Gasteiger partial charge in [-0.25, -0.2) is 9.79 Å². The predicted octanol–water partition coefficient (Wildman–Crippen LogP) is 2.91. The molecule has 1 amide bonds. The molecule has 0 aliphatic rings. The molecule has 1 aromatic carbocycles. The van der Waals surface area contributed by atoms with Gasteiger partial charge in [-0.15, -0.1) is 0 Å². The molecule has 2 rings (SSSR count). The van der Waals surface area contributed by atoms with Gasteiger partial charge in [-0.05, 0) is 30.7 Å². The molecule has 0 atom stereocenters. The smallest absolute Gasteiger partial charge is 0.413 e. The van der Waals surface area contributed by atoms with Crippen LogP contribution in [0.15, 0.2) is 47.6 Å². The fourth-order valence-electron chi connectivity index (χ4n) is 2.11. The minimum Gasteiger partial charge on any atom is -0.493 e. The van der Waals surface area contributed by atoms with Crippen LogP contribution >= 0.6 is 0 Å². The van der Waals surface area contributed by atoms with E-state index in [1.165, 1.54) is 19.2 Å². The molecule has 0 bridgehead atoms. The van der Waals surface area contributed by atoms with E-state index in [-0.39, 0.29) is 23.9 Å². The van der Waals surface area contributed by atoms with E-state index in [1.807, 2.05) is 13.0 Å². The van der Waals surface area contributed by atoms with Crippen LogP contribution in [0.25, 0.3) is 0 Å². The number of hydrogen-bond acceptors (Lipinski definition) is 7. The number of methoxy groups -OCH3 is 1. The molecule has 0 saturated heterocycles. The third-order valence-electron chi connectivity index (χ3n) is 3.42. The van der Waals surface area contributed by atoms with Crippen LogP contribution in [0, 0.1) is 10.1 Å². The molecule has 1 heterocycles. The molecule has 0 radical (unpaired) electrons. The lowest BCUT2D eigenvalue weighted by atomic mass is 10.2. The zero-order valence-corrected chi connectivity index (χ0v) is 15.5. The van der Waals surface area contributed by atoms with Gasteiger partial charge in [0.05, 0.1) is 36.9 Å². The quantitative estimate of drug-likeness (QED) is 0.323. The van der Waals surface area contributed by atoms with Crippen molar-refractivity contribution < 1.29 is 19.2 Å². The average molecular weight is 387 g/mol. The Hall–Kier alpha value is -3.69. The number of alkyl carbamates (subject to hydrolysis) is 1. The molecule has 0 fully saturated rings. The van der Waals surface area contributed by atoms with Crippen molar-refractivity contribution in [1.82, 2.24) is 15.6 Å². The number of carbonyl (C=O) groups excluding carboxylic acids is 1. The summed E-state index contributed by atoms with van der Waals surface area (Å²) >= 11 is 0. The van der Waals surface area contributed by atoms with E-state index in [1.54, 1.807) is 24.4 Å². The second kappa shape index (κ2) is 10.5. The number of benzene rings is 1. The highest BCUT2D eigenvalue weighted by atomic mass is 16.6. The standard InChI is InChI=1S/C18H21N5O5/c1-3-10-28-14-7-8-15(16(11-14)23(25)26)21-17(22-18(24)27-2)20-12-13-6-4-5-9-19-13/h4-9,11H,3,10,12H2,1-2H3,(H2,20,21,22,24). The van der Waals surface area contributed by atoms with Crippen LogP contribution in [0.1, 0.15) is 19.0 Å². The molecule has 2 N–H and O–H groups in total. The van der Waals surface area contributed by atoms with Gasteiger partial charge in [-0.1, -0.05) is 13.0 Å². The molecule has 2 aromatic rings. The van der Waals surface area contributed by atoms with E-state index in [0.29, 0.717) is 18.1 Å². The van der Waals surface area contributed by atoms with Crippen molar-refractivity contribution in [2.75, 3.05) is 13.7 Å². The number of nitrogens with one attached hydrogen (secondary N) is 2. The normalized spacial score (nSPS) is 10.9. The summed E-state index contributed by atoms with van der Waals surface area (Å²) in [4.78, 5) is 30.8. The summed E-state index contributed by atoms with van der Waals surface area (Å²) in [6, 6.07) is 9.69. The number of rotatable bonds is 7. The highest BCUT2D eigenvalue weighted by Gasteiger charge is 2.17. The molecule has 0 aliphatic heterocycles. The highest BCUT2D eigenvalue weighted by molar-refractivity contribution is 5.95. The topological polar surface area (TPSA) is 128 Å². The number of nitrogens with zero attached hydrogens (tertiary/aromatic N) is 3. The number of amides is 1. The van der Waals surface area contributed by atoms with Gasteiger partial charge in [-0.2, -0.15) is 0 Å². The van der Waals surface area contributed by atoms with Gasteiger partial charge in [0.25, 0.3) is 5.69 Å². The first kappa shape index (κ1) is 20.6. The molecule has 28 heavy (non-hydrogen) atoms. The first-order valence-corrected chi connectivity index (χ1v) is 8.52. The Morgan fingerprint density at radius 2 is 2.14 bits per heavy atom. The first-order chi connectivity index (χ1) is 13.5. The number of nitro benzene ring substituents is 1. The molecule has 0 spiro atoms. The SMILES string of the molecule is CCCOc1ccc(/N=C(/NCc2ccccn2)NC(=O)OC)c([N+](=O)[O-])c1. The van der Waals surface area contributed by atoms with Crippen molar-refractivity contribution in [2.24, 2.45) is 4.99 Å². The molecule has 0 unspecified atom stereocenters. The maximum atomic E-state index is 11.6. The summed E-state index contributed by atoms with van der Waals surface area (Å²) in [5, 5.41) is 16.7. The lowest BCUT2D eigenvalue weighted by Gasteiger charge is -2.11. The fourth-order valence-corrected chi connectivity index (χ4v) is 2.11. The van der Waals surface area contributed by atoms with E-state index in [9.17, 15) is 14.9 Å². The van der Waals surface area contributed by atoms with Gasteiger partial charge >= 0.3 is 6.09 Å². The summed E-state index contributed by atoms with van der Waals surface area (Å²) in [6.45, 7) is 2.63. The number of carbonyl (C=O) groups is 1. The summed E-state index contributed by atoms with van der Waals surface area (Å²) in [5.41, 5.74) is 0.492.